The van der Waals surface area contributed by atoms with Crippen molar-refractivity contribution in [3.63, 3.8) is 0 Å². The van der Waals surface area contributed by atoms with Gasteiger partial charge < -0.3 is 14.8 Å². The van der Waals surface area contributed by atoms with Crippen LogP contribution in [0.1, 0.15) is 31.2 Å². The molecule has 3 N–H and O–H groups in total. The molecule has 1 aliphatic carbocycles. The fourth-order valence-electron chi connectivity index (χ4n) is 2.85. The molecule has 0 atom stereocenters. The molecule has 0 spiro atoms. The second-order valence-corrected chi connectivity index (χ2v) is 6.74. The highest BCUT2D eigenvalue weighted by Crippen LogP contribution is 2.38. The van der Waals surface area contributed by atoms with Gasteiger partial charge >= 0.3 is 0 Å². The van der Waals surface area contributed by atoms with E-state index < -0.39 is 0 Å². The van der Waals surface area contributed by atoms with Crippen LogP contribution in [0.4, 0.5) is 0 Å². The first-order chi connectivity index (χ1) is 12.1. The molecular weight excluding hydrogens is 362 g/mol. The number of fused-ring (bicyclic) bond motifs is 1. The van der Waals surface area contributed by atoms with Gasteiger partial charge in [0.25, 0.3) is 5.91 Å². The van der Waals surface area contributed by atoms with Gasteiger partial charge in [0.05, 0.1) is 5.02 Å². The summed E-state index contributed by atoms with van der Waals surface area (Å²) < 4.78 is 11.0. The van der Waals surface area contributed by atoms with Gasteiger partial charge in [-0.2, -0.15) is 0 Å². The molecule has 6 nitrogen and oxygen atoms in total. The van der Waals surface area contributed by atoms with Crippen LogP contribution >= 0.6 is 23.8 Å². The summed E-state index contributed by atoms with van der Waals surface area (Å²) >= 11 is 11.3. The van der Waals surface area contributed by atoms with E-state index in [-0.39, 0.29) is 5.91 Å². The molecule has 1 fully saturated rings. The Bertz CT molecular complexity index is 690. The van der Waals surface area contributed by atoms with Crippen molar-refractivity contribution >= 4 is 40.9 Å². The van der Waals surface area contributed by atoms with Crippen LogP contribution in [-0.2, 0) is 4.79 Å². The first-order valence-corrected chi connectivity index (χ1v) is 9.04. The van der Waals surface area contributed by atoms with Crippen LogP contribution in [0.3, 0.4) is 0 Å². The van der Waals surface area contributed by atoms with Crippen LogP contribution in [0.25, 0.3) is 6.08 Å². The highest BCUT2D eigenvalue weighted by atomic mass is 35.5. The molecule has 0 saturated heterocycles. The van der Waals surface area contributed by atoms with Crippen molar-refractivity contribution in [3.8, 4) is 11.5 Å². The van der Waals surface area contributed by atoms with Crippen LogP contribution in [0.15, 0.2) is 18.2 Å². The lowest BCUT2D eigenvalue weighted by Crippen LogP contribution is -2.48. The number of amides is 1. The van der Waals surface area contributed by atoms with Gasteiger partial charge in [0, 0.05) is 12.1 Å². The number of hydrogen-bond acceptors (Lipinski definition) is 4. The number of benzene rings is 1. The summed E-state index contributed by atoms with van der Waals surface area (Å²) in [4.78, 5) is 11.9. The first-order valence-electron chi connectivity index (χ1n) is 8.25. The van der Waals surface area contributed by atoms with Crippen LogP contribution < -0.4 is 25.6 Å². The Morgan fingerprint density at radius 2 is 1.96 bits per heavy atom. The quantitative estimate of drug-likeness (QED) is 0.424. The Kier molecular flexibility index (Phi) is 5.99. The van der Waals surface area contributed by atoms with E-state index >= 15 is 0 Å². The first kappa shape index (κ1) is 17.8. The average Bonchev–Trinajstić information content (AvgIpc) is 3.11. The summed E-state index contributed by atoms with van der Waals surface area (Å²) in [5, 5.41) is 4.07. The predicted octanol–water partition coefficient (Wildman–Crippen LogP) is 2.56. The number of rotatable bonds is 3. The Labute approximate surface area is 156 Å². The van der Waals surface area contributed by atoms with Crippen molar-refractivity contribution in [1.29, 1.82) is 0 Å². The van der Waals surface area contributed by atoms with E-state index in [9.17, 15) is 4.79 Å². The lowest BCUT2D eigenvalue weighted by Gasteiger charge is -2.19. The molecular formula is C17H20ClN3O3S. The Morgan fingerprint density at radius 3 is 2.76 bits per heavy atom. The van der Waals surface area contributed by atoms with Crippen molar-refractivity contribution < 1.29 is 14.3 Å². The number of ether oxygens (including phenoxy) is 2. The average molecular weight is 382 g/mol. The molecule has 1 aromatic carbocycles. The summed E-state index contributed by atoms with van der Waals surface area (Å²) in [5.41, 5.74) is 5.99. The monoisotopic (exact) mass is 381 g/mol. The largest absolute Gasteiger partial charge is 0.486 e. The molecule has 2 aliphatic rings. The molecule has 1 amide bonds. The van der Waals surface area contributed by atoms with Crippen LogP contribution in [0.2, 0.25) is 5.02 Å². The van der Waals surface area contributed by atoms with Crippen LogP contribution in [-0.4, -0.2) is 30.3 Å². The van der Waals surface area contributed by atoms with Crippen molar-refractivity contribution in [2.45, 2.75) is 31.7 Å². The SMILES string of the molecule is O=C(/C=C/c1cc(Cl)c2c(c1)OCCO2)NNC(=S)NC1CCCC1. The van der Waals surface area contributed by atoms with Gasteiger partial charge in [0.15, 0.2) is 16.6 Å². The number of carbonyl (C=O) groups excluding carboxylic acids is 1. The molecule has 0 bridgehead atoms. The Morgan fingerprint density at radius 1 is 1.20 bits per heavy atom. The second kappa shape index (κ2) is 8.40. The number of halogens is 1. The van der Waals surface area contributed by atoms with E-state index in [1.807, 2.05) is 0 Å². The zero-order chi connectivity index (χ0) is 17.6. The molecule has 0 radical (unpaired) electrons. The molecule has 134 valence electrons. The smallest absolute Gasteiger partial charge is 0.262 e. The van der Waals surface area contributed by atoms with Gasteiger partial charge in [0.2, 0.25) is 0 Å². The van der Waals surface area contributed by atoms with Gasteiger partial charge in [-0.1, -0.05) is 24.4 Å². The highest BCUT2D eigenvalue weighted by molar-refractivity contribution is 7.80. The van der Waals surface area contributed by atoms with Gasteiger partial charge in [-0.25, -0.2) is 0 Å². The Hall–Kier alpha value is -1.99. The topological polar surface area (TPSA) is 71.6 Å². The van der Waals surface area contributed by atoms with Crippen LogP contribution in [0, 0.1) is 0 Å². The van der Waals surface area contributed by atoms with Gasteiger partial charge in [-0.3, -0.25) is 15.6 Å². The third-order valence-electron chi connectivity index (χ3n) is 4.04. The van der Waals surface area contributed by atoms with E-state index in [4.69, 9.17) is 33.3 Å². The van der Waals surface area contributed by atoms with E-state index in [0.29, 0.717) is 40.9 Å². The molecule has 1 heterocycles. The third kappa shape index (κ3) is 4.99. The fourth-order valence-corrected chi connectivity index (χ4v) is 3.34. The van der Waals surface area contributed by atoms with E-state index in [1.54, 1.807) is 18.2 Å². The third-order valence-corrected chi connectivity index (χ3v) is 4.54. The summed E-state index contributed by atoms with van der Waals surface area (Å²) in [6, 6.07) is 3.90. The molecule has 0 unspecified atom stereocenters. The number of carbonyl (C=O) groups is 1. The number of nitrogens with one attached hydrogen (secondary N) is 3. The normalized spacial score (nSPS) is 16.7. The lowest BCUT2D eigenvalue weighted by atomic mass is 10.1. The van der Waals surface area contributed by atoms with Gasteiger partial charge in [-0.05, 0) is 48.8 Å². The van der Waals surface area contributed by atoms with Crippen LogP contribution in [0.5, 0.6) is 11.5 Å². The van der Waals surface area contributed by atoms with Gasteiger partial charge in [-0.15, -0.1) is 0 Å². The second-order valence-electron chi connectivity index (χ2n) is 5.93. The number of hydrazine groups is 1. The number of thiocarbonyl (C=S) groups is 1. The number of hydrogen-bond donors (Lipinski definition) is 3. The predicted molar refractivity (Wildman–Crippen MR) is 101 cm³/mol. The van der Waals surface area contributed by atoms with Crippen molar-refractivity contribution in [2.24, 2.45) is 0 Å². The molecule has 1 saturated carbocycles. The summed E-state index contributed by atoms with van der Waals surface area (Å²) in [7, 11) is 0. The van der Waals surface area contributed by atoms with Crippen molar-refractivity contribution in [2.75, 3.05) is 13.2 Å². The van der Waals surface area contributed by atoms with Crippen molar-refractivity contribution in [3.05, 3.63) is 28.8 Å². The van der Waals surface area contributed by atoms with E-state index in [2.05, 4.69) is 16.2 Å². The minimum Gasteiger partial charge on any atom is -0.486 e. The lowest BCUT2D eigenvalue weighted by molar-refractivity contribution is -0.116. The van der Waals surface area contributed by atoms with E-state index in [1.165, 1.54) is 18.9 Å². The minimum atomic E-state index is -0.318. The zero-order valence-corrected chi connectivity index (χ0v) is 15.2. The summed E-state index contributed by atoms with van der Waals surface area (Å²) in [6.45, 7) is 0.955. The molecule has 1 aliphatic heterocycles. The standard InChI is InChI=1S/C17H20ClN3O3S/c18-13-9-11(10-14-16(13)24-8-7-23-14)5-6-15(22)20-21-17(25)19-12-3-1-2-4-12/h5-6,9-10,12H,1-4,7-8H2,(H,20,22)(H2,19,21,25)/b6-5+. The van der Waals surface area contributed by atoms with E-state index in [0.717, 1.165) is 18.4 Å². The zero-order valence-electron chi connectivity index (χ0n) is 13.6. The maximum Gasteiger partial charge on any atom is 0.262 e. The Balaban J connectivity index is 1.50. The molecule has 1 aromatic rings. The molecule has 25 heavy (non-hydrogen) atoms. The maximum absolute atomic E-state index is 11.9. The highest BCUT2D eigenvalue weighted by Gasteiger charge is 2.16. The minimum absolute atomic E-state index is 0.318. The molecule has 8 heteroatoms. The fraction of sp³-hybridized carbons (Fsp3) is 0.412. The van der Waals surface area contributed by atoms with Crippen molar-refractivity contribution in [1.82, 2.24) is 16.2 Å². The molecule has 0 aromatic heterocycles. The summed E-state index contributed by atoms with van der Waals surface area (Å²) in [5.74, 6) is 0.806. The summed E-state index contributed by atoms with van der Waals surface area (Å²) in [6.07, 6.45) is 7.70. The molecule has 3 rings (SSSR count). The van der Waals surface area contributed by atoms with Gasteiger partial charge in [0.1, 0.15) is 13.2 Å². The maximum atomic E-state index is 11.9.